The van der Waals surface area contributed by atoms with Gasteiger partial charge in [0.15, 0.2) is 0 Å². The summed E-state index contributed by atoms with van der Waals surface area (Å²) in [5.74, 6) is -1.80. The van der Waals surface area contributed by atoms with Crippen LogP contribution in [0.2, 0.25) is 0 Å². The molecule has 0 radical (unpaired) electrons. The highest BCUT2D eigenvalue weighted by Crippen LogP contribution is 2.40. The fourth-order valence-corrected chi connectivity index (χ4v) is 2.93. The molecule has 7 nitrogen and oxygen atoms in total. The summed E-state index contributed by atoms with van der Waals surface area (Å²) >= 11 is 0. The van der Waals surface area contributed by atoms with Crippen LogP contribution < -0.4 is 4.90 Å². The van der Waals surface area contributed by atoms with Gasteiger partial charge in [-0.1, -0.05) is 12.2 Å². The summed E-state index contributed by atoms with van der Waals surface area (Å²) in [4.78, 5) is 40.3. The minimum atomic E-state index is -0.599. The smallest absolute Gasteiger partial charge is 0.274 e. The van der Waals surface area contributed by atoms with Crippen LogP contribution in [0.5, 0.6) is 0 Å². The van der Waals surface area contributed by atoms with E-state index in [1.54, 1.807) is 6.92 Å². The van der Waals surface area contributed by atoms with Crippen molar-refractivity contribution >= 4 is 23.3 Å². The Bertz CT molecular complexity index is 657. The molecule has 0 saturated carbocycles. The number of aryl methyl sites for hydroxylation is 1. The van der Waals surface area contributed by atoms with Crippen molar-refractivity contribution < 1.29 is 14.5 Å². The number of nitrogens with zero attached hydrogens (tertiary/aromatic N) is 3. The Morgan fingerprint density at radius 2 is 1.81 bits per heavy atom. The molecule has 1 aliphatic carbocycles. The molecule has 2 heterocycles. The molecule has 1 fully saturated rings. The molecule has 0 bridgehead atoms. The van der Waals surface area contributed by atoms with E-state index in [4.69, 9.17) is 0 Å². The Morgan fingerprint density at radius 3 is 2.33 bits per heavy atom. The summed E-state index contributed by atoms with van der Waals surface area (Å²) in [6.45, 7) is 1.56. The number of carbonyl (C=O) groups is 2. The van der Waals surface area contributed by atoms with Crippen LogP contribution in [0.1, 0.15) is 18.4 Å². The molecule has 1 saturated heterocycles. The van der Waals surface area contributed by atoms with Gasteiger partial charge in [-0.25, -0.2) is 9.88 Å². The third-order valence-electron chi connectivity index (χ3n) is 4.01. The molecule has 2 atom stereocenters. The van der Waals surface area contributed by atoms with Crippen molar-refractivity contribution in [3.8, 4) is 0 Å². The first-order valence-corrected chi connectivity index (χ1v) is 6.65. The molecule has 1 aromatic rings. The number of allylic oxidation sites excluding steroid dienone is 2. The van der Waals surface area contributed by atoms with Gasteiger partial charge < -0.3 is 0 Å². The van der Waals surface area contributed by atoms with Crippen molar-refractivity contribution in [1.82, 2.24) is 4.98 Å². The summed E-state index contributed by atoms with van der Waals surface area (Å²) in [6.07, 6.45) is 6.09. The number of amides is 2. The second-order valence-electron chi connectivity index (χ2n) is 5.22. The molecule has 2 aliphatic rings. The van der Waals surface area contributed by atoms with E-state index in [1.807, 2.05) is 12.2 Å². The maximum atomic E-state index is 12.4. The predicted molar refractivity (Wildman–Crippen MR) is 73.5 cm³/mol. The van der Waals surface area contributed by atoms with Crippen LogP contribution in [0.15, 0.2) is 24.4 Å². The number of rotatable bonds is 2. The highest BCUT2D eigenvalue weighted by molar-refractivity contribution is 6.22. The van der Waals surface area contributed by atoms with Gasteiger partial charge in [0.05, 0.1) is 16.8 Å². The summed E-state index contributed by atoms with van der Waals surface area (Å²) in [5.41, 5.74) is 0.0874. The minimum Gasteiger partial charge on any atom is -0.274 e. The van der Waals surface area contributed by atoms with Crippen LogP contribution >= 0.6 is 0 Å². The van der Waals surface area contributed by atoms with Crippen molar-refractivity contribution in [2.45, 2.75) is 19.8 Å². The predicted octanol–water partition coefficient (Wildman–Crippen LogP) is 1.75. The number of carbonyl (C=O) groups excluding carboxylic acids is 2. The number of anilines is 1. The first-order valence-electron chi connectivity index (χ1n) is 6.65. The highest BCUT2D eigenvalue weighted by atomic mass is 16.6. The lowest BCUT2D eigenvalue weighted by molar-refractivity contribution is -0.384. The molecule has 21 heavy (non-hydrogen) atoms. The largest absolute Gasteiger partial charge is 0.315 e. The van der Waals surface area contributed by atoms with Crippen molar-refractivity contribution in [3.05, 3.63) is 40.1 Å². The summed E-state index contributed by atoms with van der Waals surface area (Å²) in [7, 11) is 0. The number of imide groups is 1. The zero-order chi connectivity index (χ0) is 15.1. The zero-order valence-corrected chi connectivity index (χ0v) is 11.4. The van der Waals surface area contributed by atoms with Gasteiger partial charge in [-0.15, -0.1) is 0 Å². The molecular formula is C14H13N3O4. The maximum absolute atomic E-state index is 12.4. The van der Waals surface area contributed by atoms with Crippen LogP contribution in [-0.4, -0.2) is 21.7 Å². The minimum absolute atomic E-state index is 0.163. The van der Waals surface area contributed by atoms with Crippen molar-refractivity contribution in [3.63, 3.8) is 0 Å². The second-order valence-corrected chi connectivity index (χ2v) is 5.22. The first kappa shape index (κ1) is 13.4. The van der Waals surface area contributed by atoms with Crippen LogP contribution in [0.25, 0.3) is 0 Å². The number of nitro groups is 1. The van der Waals surface area contributed by atoms with Gasteiger partial charge in [-0.2, -0.15) is 0 Å². The molecule has 1 aromatic heterocycles. The van der Waals surface area contributed by atoms with E-state index in [0.29, 0.717) is 18.4 Å². The van der Waals surface area contributed by atoms with E-state index in [2.05, 4.69) is 4.98 Å². The van der Waals surface area contributed by atoms with Gasteiger partial charge in [-0.05, 0) is 25.8 Å². The standard InChI is InChI=1S/C14H13N3O4/c1-8-6-7-15-12(11(8)17(20)21)16-13(18)9-4-2-3-5-10(9)14(16)19/h2-3,6-7,9-10H,4-5H2,1H3/t9-,10+. The molecule has 3 rings (SSSR count). The highest BCUT2D eigenvalue weighted by Gasteiger charge is 2.50. The van der Waals surface area contributed by atoms with Crippen molar-refractivity contribution in [1.29, 1.82) is 0 Å². The lowest BCUT2D eigenvalue weighted by atomic mass is 9.85. The zero-order valence-electron chi connectivity index (χ0n) is 11.4. The number of hydrogen-bond donors (Lipinski definition) is 0. The van der Waals surface area contributed by atoms with Crippen LogP contribution in [0.4, 0.5) is 11.5 Å². The van der Waals surface area contributed by atoms with Crippen LogP contribution in [0.3, 0.4) is 0 Å². The normalized spacial score (nSPS) is 24.3. The van der Waals surface area contributed by atoms with E-state index >= 15 is 0 Å². The van der Waals surface area contributed by atoms with Crippen LogP contribution in [-0.2, 0) is 9.59 Å². The number of pyridine rings is 1. The molecule has 2 amide bonds. The lowest BCUT2D eigenvalue weighted by Gasteiger charge is -2.14. The maximum Gasteiger partial charge on any atom is 0.315 e. The van der Waals surface area contributed by atoms with Gasteiger partial charge >= 0.3 is 5.69 Å². The first-order chi connectivity index (χ1) is 10.0. The van der Waals surface area contributed by atoms with E-state index in [-0.39, 0.29) is 11.5 Å². The molecule has 7 heteroatoms. The molecule has 0 N–H and O–H groups in total. The fraction of sp³-hybridized carbons (Fsp3) is 0.357. The summed E-state index contributed by atoms with van der Waals surface area (Å²) in [6, 6.07) is 1.49. The van der Waals surface area contributed by atoms with Gasteiger partial charge in [0.1, 0.15) is 0 Å². The third kappa shape index (κ3) is 1.93. The van der Waals surface area contributed by atoms with E-state index in [1.165, 1.54) is 12.3 Å². The van der Waals surface area contributed by atoms with E-state index < -0.39 is 28.6 Å². The fourth-order valence-electron chi connectivity index (χ4n) is 2.93. The quantitative estimate of drug-likeness (QED) is 0.357. The number of fused-ring (bicyclic) bond motifs is 1. The molecule has 108 valence electrons. The van der Waals surface area contributed by atoms with Gasteiger partial charge in [0, 0.05) is 11.8 Å². The molecule has 1 aliphatic heterocycles. The Morgan fingerprint density at radius 1 is 1.24 bits per heavy atom. The van der Waals surface area contributed by atoms with Gasteiger partial charge in [0.2, 0.25) is 17.6 Å². The number of aromatic nitrogens is 1. The van der Waals surface area contributed by atoms with Crippen LogP contribution in [0, 0.1) is 28.9 Å². The lowest BCUT2D eigenvalue weighted by Crippen LogP contribution is -2.32. The number of hydrogen-bond acceptors (Lipinski definition) is 5. The van der Waals surface area contributed by atoms with E-state index in [0.717, 1.165) is 4.90 Å². The van der Waals surface area contributed by atoms with Crippen molar-refractivity contribution in [2.24, 2.45) is 11.8 Å². The molecule has 0 unspecified atom stereocenters. The van der Waals surface area contributed by atoms with Gasteiger partial charge in [-0.3, -0.25) is 19.7 Å². The Balaban J connectivity index is 2.10. The van der Waals surface area contributed by atoms with E-state index in [9.17, 15) is 19.7 Å². The monoisotopic (exact) mass is 287 g/mol. The molecule has 0 aromatic carbocycles. The third-order valence-corrected chi connectivity index (χ3v) is 4.01. The Hall–Kier alpha value is -2.57. The average molecular weight is 287 g/mol. The Kier molecular flexibility index (Phi) is 3.04. The SMILES string of the molecule is Cc1ccnc(N2C(=O)[C@H]3CC=CC[C@H]3C2=O)c1[N+](=O)[O-]. The average Bonchev–Trinajstić information content (AvgIpc) is 2.71. The topological polar surface area (TPSA) is 93.4 Å². The molecular weight excluding hydrogens is 274 g/mol. The van der Waals surface area contributed by atoms with Crippen molar-refractivity contribution in [2.75, 3.05) is 4.90 Å². The second kappa shape index (κ2) is 4.76. The Labute approximate surface area is 120 Å². The summed E-state index contributed by atoms with van der Waals surface area (Å²) in [5, 5.41) is 11.2. The molecule has 0 spiro atoms. The summed E-state index contributed by atoms with van der Waals surface area (Å²) < 4.78 is 0. The van der Waals surface area contributed by atoms with Gasteiger partial charge in [0.25, 0.3) is 0 Å².